The van der Waals surface area contributed by atoms with Gasteiger partial charge in [0.25, 0.3) is 5.91 Å². The predicted octanol–water partition coefficient (Wildman–Crippen LogP) is -0.504. The zero-order valence-corrected chi connectivity index (χ0v) is 16.6. The van der Waals surface area contributed by atoms with Crippen LogP contribution in [-0.2, 0) is 14.4 Å². The highest BCUT2D eigenvalue weighted by atomic mass is 16.4. The van der Waals surface area contributed by atoms with E-state index < -0.39 is 95.3 Å². The maximum Gasteiger partial charge on any atom is 0.255 e. The zero-order chi connectivity index (χ0) is 28.9. The lowest BCUT2D eigenvalue weighted by Crippen LogP contribution is -2.70. The van der Waals surface area contributed by atoms with E-state index in [-0.39, 0.29) is 16.0 Å². The van der Waals surface area contributed by atoms with E-state index in [0.29, 0.717) is 0 Å². The standard InChI is InChI=1S/C22H24N2O8/c1-7-8-5-4-6-9(25)11(8)16(26)12-10(7)17(27)14-15(24(2)3)18(28)13(21(23)31)20(30)22(14,32)19(12)29/h4-7,10,14-15,17,25-27,30,32H,1-3H3,(H2,23,31)/t7-,10+,14+,15-,17-,22-/m0/s1/i2D3,3D3. The number of nitrogens with zero attached hydrogens (tertiary/aromatic N) is 1. The Bertz CT molecular complexity index is 1320. The van der Waals surface area contributed by atoms with Gasteiger partial charge >= 0.3 is 0 Å². The van der Waals surface area contributed by atoms with Crippen molar-refractivity contribution in [2.45, 2.75) is 30.6 Å². The lowest BCUT2D eigenvalue weighted by molar-refractivity contribution is -0.169. The Balaban J connectivity index is 2.11. The minimum absolute atomic E-state index is 0.206. The minimum Gasteiger partial charge on any atom is -0.508 e. The van der Waals surface area contributed by atoms with Crippen molar-refractivity contribution in [2.24, 2.45) is 17.6 Å². The molecule has 32 heavy (non-hydrogen) atoms. The Kier molecular flexibility index (Phi) is 3.35. The number of carbonyl (C=O) groups excluding carboxylic acids is 3. The van der Waals surface area contributed by atoms with Crippen LogP contribution in [0.1, 0.15) is 32.2 Å². The van der Waals surface area contributed by atoms with Gasteiger partial charge in [0.1, 0.15) is 22.8 Å². The first-order chi connectivity index (χ1) is 17.3. The zero-order valence-electron chi connectivity index (χ0n) is 22.6. The van der Waals surface area contributed by atoms with E-state index in [4.69, 9.17) is 14.0 Å². The van der Waals surface area contributed by atoms with Gasteiger partial charge in [0.05, 0.1) is 23.6 Å². The number of fused-ring (bicyclic) bond motifs is 3. The number of aromatic hydroxyl groups is 1. The van der Waals surface area contributed by atoms with E-state index in [0.717, 1.165) is 0 Å². The average Bonchev–Trinajstić information content (AvgIpc) is 2.76. The number of hydrogen-bond donors (Lipinski definition) is 6. The fourth-order valence-corrected chi connectivity index (χ4v) is 5.30. The first-order valence-corrected chi connectivity index (χ1v) is 9.57. The fourth-order valence-electron chi connectivity index (χ4n) is 5.30. The van der Waals surface area contributed by atoms with Gasteiger partial charge in [-0.1, -0.05) is 19.1 Å². The molecule has 10 nitrogen and oxygen atoms in total. The van der Waals surface area contributed by atoms with Crippen molar-refractivity contribution in [3.63, 3.8) is 0 Å². The van der Waals surface area contributed by atoms with Gasteiger partial charge < -0.3 is 31.3 Å². The SMILES string of the molecule is [2H]C([2H])([2H])N([C@@H]1C(=O)C(C(N)=O)=C(O)[C@@]2(O)C(=O)C3=C(O)c4c(O)cccc4[C@H](C)[C@H]3[C@H](O)[C@@H]12)C([2H])([2H])[2H]. The number of aliphatic hydroxyl groups is 4. The second-order valence-corrected chi connectivity index (χ2v) is 8.20. The van der Waals surface area contributed by atoms with Crippen LogP contribution in [-0.4, -0.2) is 79.6 Å². The van der Waals surface area contributed by atoms with E-state index >= 15 is 0 Å². The van der Waals surface area contributed by atoms with Gasteiger partial charge in [0.15, 0.2) is 11.4 Å². The van der Waals surface area contributed by atoms with Crippen molar-refractivity contribution in [3.8, 4) is 5.75 Å². The first-order valence-electron chi connectivity index (χ1n) is 12.6. The van der Waals surface area contributed by atoms with Crippen LogP contribution in [0.2, 0.25) is 0 Å². The first kappa shape index (κ1) is 15.6. The van der Waals surface area contributed by atoms with E-state index in [2.05, 4.69) is 0 Å². The van der Waals surface area contributed by atoms with Crippen LogP contribution in [0.4, 0.5) is 0 Å². The number of primary amides is 1. The normalized spacial score (nSPS) is 37.9. The lowest BCUT2D eigenvalue weighted by atomic mass is 9.54. The summed E-state index contributed by atoms with van der Waals surface area (Å²) in [4.78, 5) is 39.2. The van der Waals surface area contributed by atoms with Gasteiger partial charge in [-0.15, -0.1) is 0 Å². The number of carbonyl (C=O) groups is 3. The number of nitrogens with two attached hydrogens (primary N) is 1. The number of Topliss-reactive ketones (excluding diaryl/α,β-unsaturated/α-hetero) is 2. The molecule has 0 heterocycles. The fraction of sp³-hybridized carbons (Fsp3) is 0.409. The van der Waals surface area contributed by atoms with E-state index in [1.165, 1.54) is 25.1 Å². The summed E-state index contributed by atoms with van der Waals surface area (Å²) >= 11 is 0. The van der Waals surface area contributed by atoms with Crippen LogP contribution in [0.5, 0.6) is 5.75 Å². The Hall–Kier alpha value is -3.21. The molecule has 0 saturated heterocycles. The molecule has 4 rings (SSSR count). The third-order valence-electron chi connectivity index (χ3n) is 6.72. The average molecular weight is 450 g/mol. The molecule has 3 aliphatic carbocycles. The minimum atomic E-state index is -3.60. The van der Waals surface area contributed by atoms with Gasteiger partial charge in [-0.3, -0.25) is 19.3 Å². The summed E-state index contributed by atoms with van der Waals surface area (Å²) in [5, 5.41) is 55.5. The lowest BCUT2D eigenvalue weighted by Gasteiger charge is -2.53. The maximum absolute atomic E-state index is 13.9. The van der Waals surface area contributed by atoms with Crippen LogP contribution in [0.3, 0.4) is 0 Å². The predicted molar refractivity (Wildman–Crippen MR) is 110 cm³/mol. The van der Waals surface area contributed by atoms with Gasteiger partial charge in [-0.05, 0) is 31.5 Å². The molecule has 0 unspecified atom stereocenters. The summed E-state index contributed by atoms with van der Waals surface area (Å²) in [7, 11) is 0. The largest absolute Gasteiger partial charge is 0.508 e. The summed E-state index contributed by atoms with van der Waals surface area (Å²) in [6.07, 6.45) is -2.14. The topological polar surface area (TPSA) is 182 Å². The Morgan fingerprint density at radius 3 is 2.47 bits per heavy atom. The highest BCUT2D eigenvalue weighted by Crippen LogP contribution is 2.55. The molecule has 0 aliphatic heterocycles. The van der Waals surface area contributed by atoms with Gasteiger partial charge in [0.2, 0.25) is 5.78 Å². The molecule has 6 atom stereocenters. The molecular formula is C22H24N2O8. The maximum atomic E-state index is 13.9. The van der Waals surface area contributed by atoms with Crippen molar-refractivity contribution in [1.82, 2.24) is 4.90 Å². The number of aliphatic hydroxyl groups excluding tert-OH is 3. The number of phenols is 1. The van der Waals surface area contributed by atoms with E-state index in [1.807, 2.05) is 0 Å². The third-order valence-corrected chi connectivity index (χ3v) is 6.72. The Labute approximate surface area is 191 Å². The molecular weight excluding hydrogens is 420 g/mol. The molecule has 0 aromatic heterocycles. The van der Waals surface area contributed by atoms with E-state index in [1.54, 1.807) is 0 Å². The number of likely N-dealkylation sites (N-methyl/N-ethyl adjacent to an activating group) is 1. The van der Waals surface area contributed by atoms with Crippen molar-refractivity contribution in [3.05, 3.63) is 46.2 Å². The smallest absolute Gasteiger partial charge is 0.255 e. The second-order valence-electron chi connectivity index (χ2n) is 8.20. The molecule has 0 bridgehead atoms. The molecule has 1 saturated carbocycles. The Morgan fingerprint density at radius 2 is 1.88 bits per heavy atom. The molecule has 0 spiro atoms. The molecule has 170 valence electrons. The van der Waals surface area contributed by atoms with Crippen molar-refractivity contribution >= 4 is 23.2 Å². The molecule has 1 aromatic rings. The Morgan fingerprint density at radius 1 is 1.22 bits per heavy atom. The third kappa shape index (κ3) is 2.48. The number of benzene rings is 1. The van der Waals surface area contributed by atoms with E-state index in [9.17, 15) is 39.9 Å². The summed E-state index contributed by atoms with van der Waals surface area (Å²) < 4.78 is 46.7. The van der Waals surface area contributed by atoms with Crippen LogP contribution in [0, 0.1) is 11.8 Å². The molecule has 1 fully saturated rings. The molecule has 1 amide bonds. The molecule has 3 aliphatic rings. The van der Waals surface area contributed by atoms with Crippen LogP contribution in [0.15, 0.2) is 35.1 Å². The molecule has 10 heteroatoms. The monoisotopic (exact) mass is 450 g/mol. The van der Waals surface area contributed by atoms with Crippen molar-refractivity contribution in [1.29, 1.82) is 0 Å². The highest BCUT2D eigenvalue weighted by Gasteiger charge is 2.68. The van der Waals surface area contributed by atoms with Gasteiger partial charge in [-0.25, -0.2) is 0 Å². The number of rotatable bonds is 2. The van der Waals surface area contributed by atoms with Crippen molar-refractivity contribution in [2.75, 3.05) is 14.0 Å². The molecule has 0 radical (unpaired) electrons. The summed E-state index contributed by atoms with van der Waals surface area (Å²) in [6, 6.07) is 1.52. The second kappa shape index (κ2) is 6.89. The quantitative estimate of drug-likeness (QED) is 0.323. The summed E-state index contributed by atoms with van der Waals surface area (Å²) in [5.74, 6) is -12.6. The van der Waals surface area contributed by atoms with Crippen LogP contribution >= 0.6 is 0 Å². The number of ketones is 2. The van der Waals surface area contributed by atoms with Gasteiger partial charge in [-0.2, -0.15) is 0 Å². The van der Waals surface area contributed by atoms with Crippen LogP contribution < -0.4 is 5.73 Å². The van der Waals surface area contributed by atoms with Gasteiger partial charge in [0, 0.05) is 19.7 Å². The number of amides is 1. The molecule has 1 aromatic carbocycles. The number of phenolic OH excluding ortho intramolecular Hbond substituents is 1. The molecule has 7 N–H and O–H groups in total. The number of hydrogen-bond acceptors (Lipinski definition) is 9. The van der Waals surface area contributed by atoms with Crippen molar-refractivity contribution < 1.29 is 48.1 Å². The van der Waals surface area contributed by atoms with Crippen LogP contribution in [0.25, 0.3) is 5.76 Å². The summed E-state index contributed by atoms with van der Waals surface area (Å²) in [6.45, 7) is -5.72. The highest BCUT2D eigenvalue weighted by molar-refractivity contribution is 6.24. The summed E-state index contributed by atoms with van der Waals surface area (Å²) in [5.41, 5.74) is -0.342.